The Kier molecular flexibility index (Phi) is 2.93. The van der Waals surface area contributed by atoms with Gasteiger partial charge in [0.1, 0.15) is 0 Å². The number of Topliss-reactive ketones (excluding diaryl/α,β-unsaturated/α-hetero) is 1. The first kappa shape index (κ1) is 14.4. The summed E-state index contributed by atoms with van der Waals surface area (Å²) in [7, 11) is -1.66. The maximum absolute atomic E-state index is 13.1. The third-order valence-electron chi connectivity index (χ3n) is 4.86. The number of rotatable bonds is 1. The van der Waals surface area contributed by atoms with Crippen molar-refractivity contribution in [3.8, 4) is 0 Å². The van der Waals surface area contributed by atoms with Crippen molar-refractivity contribution in [1.82, 2.24) is 0 Å². The van der Waals surface area contributed by atoms with Crippen LogP contribution in [0.2, 0.25) is 19.6 Å². The molecule has 1 atom stereocenters. The Morgan fingerprint density at radius 2 is 1.70 bits per heavy atom. The minimum absolute atomic E-state index is 0.116. The van der Waals surface area contributed by atoms with Gasteiger partial charge in [-0.05, 0) is 29.3 Å². The second kappa shape index (κ2) is 4.67. The Morgan fingerprint density at radius 1 is 1.00 bits per heavy atom. The van der Waals surface area contributed by atoms with Crippen molar-refractivity contribution < 1.29 is 4.79 Å². The van der Waals surface area contributed by atoms with E-state index in [1.807, 2.05) is 18.2 Å². The van der Waals surface area contributed by atoms with Gasteiger partial charge in [0.25, 0.3) is 0 Å². The quantitative estimate of drug-likeness (QED) is 0.738. The van der Waals surface area contributed by atoms with E-state index in [9.17, 15) is 4.79 Å². The Morgan fingerprint density at radius 3 is 2.39 bits per heavy atom. The highest BCUT2D eigenvalue weighted by atomic mass is 28.3. The molecule has 23 heavy (non-hydrogen) atoms. The van der Waals surface area contributed by atoms with Gasteiger partial charge in [-0.3, -0.25) is 4.79 Å². The van der Waals surface area contributed by atoms with Crippen LogP contribution in [0, 0.1) is 12.8 Å². The van der Waals surface area contributed by atoms with Gasteiger partial charge in [0.05, 0.1) is 14.0 Å². The van der Waals surface area contributed by atoms with Gasteiger partial charge in [0, 0.05) is 16.4 Å². The molecule has 2 aromatic carbocycles. The molecule has 114 valence electrons. The van der Waals surface area contributed by atoms with Crippen LogP contribution in [-0.4, -0.2) is 13.9 Å². The molecule has 0 heterocycles. The molecule has 2 aromatic rings. The lowest BCUT2D eigenvalue weighted by Gasteiger charge is -2.28. The molecular weight excluding hydrogens is 296 g/mol. The third-order valence-corrected chi connectivity index (χ3v) is 7.04. The van der Waals surface area contributed by atoms with E-state index in [0.29, 0.717) is 0 Å². The van der Waals surface area contributed by atoms with Crippen molar-refractivity contribution in [2.75, 3.05) is 0 Å². The molecule has 0 saturated heterocycles. The lowest BCUT2D eigenvalue weighted by atomic mass is 9.93. The second-order valence-electron chi connectivity index (χ2n) is 7.59. The summed E-state index contributed by atoms with van der Waals surface area (Å²) in [6.45, 7) is 9.13. The van der Waals surface area contributed by atoms with Gasteiger partial charge in [-0.1, -0.05) is 61.2 Å². The second-order valence-corrected chi connectivity index (χ2v) is 12.6. The summed E-state index contributed by atoms with van der Waals surface area (Å²) in [6, 6.07) is 14.5. The van der Waals surface area contributed by atoms with Crippen LogP contribution in [0.15, 0.2) is 42.5 Å². The number of ketones is 1. The predicted molar refractivity (Wildman–Crippen MR) is 98.3 cm³/mol. The number of carbonyl (C=O) groups excluding carboxylic acids is 1. The Hall–Kier alpha value is -2.15. The van der Waals surface area contributed by atoms with Crippen molar-refractivity contribution in [2.24, 2.45) is 5.92 Å². The van der Waals surface area contributed by atoms with Crippen LogP contribution in [-0.2, 0) is 0 Å². The highest BCUT2D eigenvalue weighted by Crippen LogP contribution is 2.43. The molecule has 0 N–H and O–H groups in total. The summed E-state index contributed by atoms with van der Waals surface area (Å²) in [5, 5.41) is 3.75. The number of hydrogen-bond donors (Lipinski definition) is 0. The zero-order chi connectivity index (χ0) is 16.4. The minimum atomic E-state index is -1.66. The molecule has 2 heteroatoms. The number of fused-ring (bicyclic) bond motifs is 4. The van der Waals surface area contributed by atoms with Gasteiger partial charge in [-0.15, -0.1) is 5.73 Å². The fourth-order valence-corrected chi connectivity index (χ4v) is 6.09. The van der Waals surface area contributed by atoms with E-state index in [4.69, 9.17) is 0 Å². The normalized spacial score (nSPS) is 18.8. The summed E-state index contributed by atoms with van der Waals surface area (Å²) in [4.78, 5) is 13.1. The first-order chi connectivity index (χ1) is 10.9. The standard InChI is InChI=1S/C21H20OSi/c1-13-9-10-15-14(11-13)12-18-16-7-5-6-8-17(16)20(22)19(18)21(15)23(2,3)4/h5-11,19H,1-4H3. The molecular formula is C21H20OSi. The molecule has 1 nitrogen and oxygen atoms in total. The van der Waals surface area contributed by atoms with Crippen LogP contribution in [0.3, 0.4) is 0 Å². The monoisotopic (exact) mass is 316 g/mol. The fourth-order valence-electron chi connectivity index (χ4n) is 3.92. The lowest BCUT2D eigenvalue weighted by Crippen LogP contribution is -2.42. The number of allylic oxidation sites excluding steroid dienone is 1. The number of aryl methyl sites for hydroxylation is 1. The Balaban J connectivity index is 2.20. The summed E-state index contributed by atoms with van der Waals surface area (Å²) in [6.07, 6.45) is 0. The molecule has 0 aliphatic heterocycles. The first-order valence-corrected chi connectivity index (χ1v) is 11.6. The van der Waals surface area contributed by atoms with Gasteiger partial charge < -0.3 is 0 Å². The smallest absolute Gasteiger partial charge is 0.175 e. The topological polar surface area (TPSA) is 17.1 Å². The molecule has 0 bridgehead atoms. The molecule has 0 spiro atoms. The largest absolute Gasteiger partial charge is 0.293 e. The van der Waals surface area contributed by atoms with Gasteiger partial charge in [0.15, 0.2) is 5.78 Å². The van der Waals surface area contributed by atoms with Crippen molar-refractivity contribution >= 4 is 30.4 Å². The summed E-state index contributed by atoms with van der Waals surface area (Å²) in [5.41, 5.74) is 7.84. The third kappa shape index (κ3) is 2.03. The molecule has 4 rings (SSSR count). The average molecular weight is 316 g/mol. The Labute approximate surface area is 137 Å². The zero-order valence-electron chi connectivity index (χ0n) is 14.0. The summed E-state index contributed by atoms with van der Waals surface area (Å²) < 4.78 is 0. The van der Waals surface area contributed by atoms with Crippen LogP contribution in [0.5, 0.6) is 0 Å². The molecule has 2 aliphatic rings. The average Bonchev–Trinajstić information content (AvgIpc) is 2.77. The number of carbonyl (C=O) groups is 1. The molecule has 0 amide bonds. The number of benzene rings is 2. The SMILES string of the molecule is Cc1ccc2c(c1)=C=C1c3ccccc3C(=O)C1C=2[Si](C)(C)C. The number of hydrogen-bond acceptors (Lipinski definition) is 1. The van der Waals surface area contributed by atoms with Crippen LogP contribution < -0.4 is 10.4 Å². The molecule has 0 saturated carbocycles. The Bertz CT molecular complexity index is 1010. The zero-order valence-corrected chi connectivity index (χ0v) is 15.0. The van der Waals surface area contributed by atoms with E-state index in [2.05, 4.69) is 56.6 Å². The van der Waals surface area contributed by atoms with E-state index in [1.54, 1.807) is 0 Å². The van der Waals surface area contributed by atoms with Crippen molar-refractivity contribution in [2.45, 2.75) is 26.6 Å². The van der Waals surface area contributed by atoms with Crippen LogP contribution in [0.4, 0.5) is 0 Å². The maximum atomic E-state index is 13.1. The molecule has 0 fully saturated rings. The van der Waals surface area contributed by atoms with Gasteiger partial charge in [0.2, 0.25) is 0 Å². The fraction of sp³-hybridized carbons (Fsp3) is 0.238. The van der Waals surface area contributed by atoms with Crippen molar-refractivity contribution in [1.29, 1.82) is 0 Å². The van der Waals surface area contributed by atoms with Gasteiger partial charge in [-0.25, -0.2) is 0 Å². The molecule has 1 unspecified atom stereocenters. The highest BCUT2D eigenvalue weighted by molar-refractivity contribution is 6.93. The molecule has 0 aromatic heterocycles. The van der Waals surface area contributed by atoms with Gasteiger partial charge >= 0.3 is 0 Å². The molecule has 2 aliphatic carbocycles. The lowest BCUT2D eigenvalue weighted by molar-refractivity contribution is 0.0980. The first-order valence-electron chi connectivity index (χ1n) is 8.14. The highest BCUT2D eigenvalue weighted by Gasteiger charge is 2.42. The van der Waals surface area contributed by atoms with Gasteiger partial charge in [-0.2, -0.15) is 0 Å². The van der Waals surface area contributed by atoms with Crippen molar-refractivity contribution in [3.63, 3.8) is 0 Å². The van der Waals surface area contributed by atoms with Crippen LogP contribution in [0.25, 0.3) is 16.5 Å². The van der Waals surface area contributed by atoms with E-state index in [-0.39, 0.29) is 11.7 Å². The molecule has 0 radical (unpaired) electrons. The van der Waals surface area contributed by atoms with Crippen LogP contribution in [0.1, 0.15) is 21.5 Å². The predicted octanol–water partition coefficient (Wildman–Crippen LogP) is 3.31. The minimum Gasteiger partial charge on any atom is -0.293 e. The summed E-state index contributed by atoms with van der Waals surface area (Å²) in [5.74, 6) is 0.140. The van der Waals surface area contributed by atoms with Crippen LogP contribution >= 0.6 is 0 Å². The van der Waals surface area contributed by atoms with Crippen molar-refractivity contribution in [3.05, 3.63) is 69.6 Å². The van der Waals surface area contributed by atoms with E-state index in [1.165, 1.54) is 16.0 Å². The van der Waals surface area contributed by atoms with E-state index in [0.717, 1.165) is 21.9 Å². The maximum Gasteiger partial charge on any atom is 0.175 e. The van der Waals surface area contributed by atoms with E-state index < -0.39 is 8.07 Å². The van der Waals surface area contributed by atoms with E-state index >= 15 is 0 Å². The summed E-state index contributed by atoms with van der Waals surface area (Å²) >= 11 is 0.